The SMILES string of the molecule is CCCCN(C)c1ncnc(Cl)c1Br. The molecule has 0 amide bonds. The van der Waals surface area contributed by atoms with Gasteiger partial charge in [-0.1, -0.05) is 24.9 Å². The minimum absolute atomic E-state index is 0.457. The van der Waals surface area contributed by atoms with Crippen molar-refractivity contribution in [3.05, 3.63) is 16.0 Å². The molecule has 0 atom stereocenters. The van der Waals surface area contributed by atoms with Gasteiger partial charge in [-0.15, -0.1) is 0 Å². The van der Waals surface area contributed by atoms with Crippen LogP contribution in [-0.2, 0) is 0 Å². The predicted octanol–water partition coefficient (Wildman–Crippen LogP) is 3.13. The summed E-state index contributed by atoms with van der Waals surface area (Å²) in [5.74, 6) is 0.846. The summed E-state index contributed by atoms with van der Waals surface area (Å²) < 4.78 is 0.764. The third-order valence-electron chi connectivity index (χ3n) is 1.94. The van der Waals surface area contributed by atoms with Crippen LogP contribution in [0.15, 0.2) is 10.8 Å². The summed E-state index contributed by atoms with van der Waals surface area (Å²) in [6.07, 6.45) is 3.79. The lowest BCUT2D eigenvalue weighted by molar-refractivity contribution is 0.757. The normalized spacial score (nSPS) is 10.3. The highest BCUT2D eigenvalue weighted by Gasteiger charge is 2.10. The van der Waals surface area contributed by atoms with Crippen LogP contribution in [0, 0.1) is 0 Å². The van der Waals surface area contributed by atoms with Crippen molar-refractivity contribution < 1.29 is 0 Å². The molecule has 0 aromatic carbocycles. The number of hydrogen-bond donors (Lipinski definition) is 0. The first-order valence-corrected chi connectivity index (χ1v) is 5.71. The van der Waals surface area contributed by atoms with E-state index >= 15 is 0 Å². The third-order valence-corrected chi connectivity index (χ3v) is 3.18. The topological polar surface area (TPSA) is 29.0 Å². The Labute approximate surface area is 97.6 Å². The number of aromatic nitrogens is 2. The summed E-state index contributed by atoms with van der Waals surface area (Å²) in [4.78, 5) is 10.1. The molecule has 0 aliphatic carbocycles. The quantitative estimate of drug-likeness (QED) is 0.792. The standard InChI is InChI=1S/C9H13BrClN3/c1-3-4-5-14(2)9-7(10)8(11)12-6-13-9/h6H,3-5H2,1-2H3. The summed E-state index contributed by atoms with van der Waals surface area (Å²) in [5.41, 5.74) is 0. The fourth-order valence-corrected chi connectivity index (χ4v) is 1.74. The average Bonchev–Trinajstić information content (AvgIpc) is 2.18. The van der Waals surface area contributed by atoms with Gasteiger partial charge in [-0.2, -0.15) is 0 Å². The van der Waals surface area contributed by atoms with E-state index in [1.165, 1.54) is 12.7 Å². The van der Waals surface area contributed by atoms with Crippen molar-refractivity contribution in [1.82, 2.24) is 9.97 Å². The fraction of sp³-hybridized carbons (Fsp3) is 0.556. The summed E-state index contributed by atoms with van der Waals surface area (Å²) in [5, 5.41) is 0.457. The molecule has 0 saturated heterocycles. The molecule has 0 aliphatic heterocycles. The largest absolute Gasteiger partial charge is 0.359 e. The minimum atomic E-state index is 0.457. The molecule has 78 valence electrons. The maximum Gasteiger partial charge on any atom is 0.148 e. The van der Waals surface area contributed by atoms with Gasteiger partial charge >= 0.3 is 0 Å². The Hall–Kier alpha value is -0.350. The molecule has 0 aliphatic rings. The molecule has 0 fully saturated rings. The Bertz CT molecular complexity index is 306. The zero-order chi connectivity index (χ0) is 10.6. The molecule has 5 heteroatoms. The van der Waals surface area contributed by atoms with Gasteiger partial charge in [0, 0.05) is 13.6 Å². The fourth-order valence-electron chi connectivity index (χ4n) is 1.11. The lowest BCUT2D eigenvalue weighted by Crippen LogP contribution is -2.20. The summed E-state index contributed by atoms with van der Waals surface area (Å²) >= 11 is 9.24. The second kappa shape index (κ2) is 5.51. The lowest BCUT2D eigenvalue weighted by Gasteiger charge is -2.18. The van der Waals surface area contributed by atoms with Crippen molar-refractivity contribution in [2.24, 2.45) is 0 Å². The van der Waals surface area contributed by atoms with Gasteiger partial charge in [-0.05, 0) is 22.4 Å². The van der Waals surface area contributed by atoms with Gasteiger partial charge < -0.3 is 4.90 Å². The molecular weight excluding hydrogens is 265 g/mol. The maximum atomic E-state index is 5.87. The van der Waals surface area contributed by atoms with Crippen LogP contribution < -0.4 is 4.90 Å². The van der Waals surface area contributed by atoms with E-state index in [9.17, 15) is 0 Å². The summed E-state index contributed by atoms with van der Waals surface area (Å²) in [6.45, 7) is 3.14. The van der Waals surface area contributed by atoms with Crippen molar-refractivity contribution in [1.29, 1.82) is 0 Å². The van der Waals surface area contributed by atoms with Gasteiger partial charge in [0.25, 0.3) is 0 Å². The Morgan fingerprint density at radius 3 is 2.86 bits per heavy atom. The monoisotopic (exact) mass is 277 g/mol. The van der Waals surface area contributed by atoms with Crippen molar-refractivity contribution >= 4 is 33.3 Å². The predicted molar refractivity (Wildman–Crippen MR) is 62.9 cm³/mol. The van der Waals surface area contributed by atoms with E-state index in [-0.39, 0.29) is 0 Å². The highest BCUT2D eigenvalue weighted by molar-refractivity contribution is 9.10. The van der Waals surface area contributed by atoms with Crippen LogP contribution in [0.1, 0.15) is 19.8 Å². The smallest absolute Gasteiger partial charge is 0.148 e. The highest BCUT2D eigenvalue weighted by atomic mass is 79.9. The summed E-state index contributed by atoms with van der Waals surface area (Å²) in [7, 11) is 2.00. The Morgan fingerprint density at radius 2 is 2.21 bits per heavy atom. The van der Waals surface area contributed by atoms with Crippen LogP contribution >= 0.6 is 27.5 Å². The average molecular weight is 279 g/mol. The minimum Gasteiger partial charge on any atom is -0.359 e. The van der Waals surface area contributed by atoms with E-state index in [4.69, 9.17) is 11.6 Å². The van der Waals surface area contributed by atoms with Gasteiger partial charge in [0.15, 0.2) is 0 Å². The van der Waals surface area contributed by atoms with Gasteiger partial charge in [0.2, 0.25) is 0 Å². The molecule has 0 N–H and O–H groups in total. The van der Waals surface area contributed by atoms with E-state index in [0.717, 1.165) is 23.3 Å². The molecule has 0 radical (unpaired) electrons. The summed E-state index contributed by atoms with van der Waals surface area (Å²) in [6, 6.07) is 0. The molecule has 1 aromatic heterocycles. The second-order valence-corrected chi connectivity index (χ2v) is 4.23. The van der Waals surface area contributed by atoms with Crippen molar-refractivity contribution in [2.45, 2.75) is 19.8 Å². The first kappa shape index (κ1) is 11.7. The zero-order valence-electron chi connectivity index (χ0n) is 8.30. The van der Waals surface area contributed by atoms with Crippen molar-refractivity contribution in [2.75, 3.05) is 18.5 Å². The van der Waals surface area contributed by atoms with Gasteiger partial charge in [0.05, 0.1) is 4.47 Å². The number of nitrogens with zero attached hydrogens (tertiary/aromatic N) is 3. The van der Waals surface area contributed by atoms with E-state index in [1.54, 1.807) is 0 Å². The van der Waals surface area contributed by atoms with Crippen LogP contribution in [-0.4, -0.2) is 23.6 Å². The Morgan fingerprint density at radius 1 is 1.50 bits per heavy atom. The lowest BCUT2D eigenvalue weighted by atomic mass is 10.3. The number of anilines is 1. The van der Waals surface area contributed by atoms with E-state index in [0.29, 0.717) is 5.15 Å². The molecule has 14 heavy (non-hydrogen) atoms. The maximum absolute atomic E-state index is 5.87. The van der Waals surface area contributed by atoms with Crippen LogP contribution in [0.25, 0.3) is 0 Å². The van der Waals surface area contributed by atoms with E-state index in [1.807, 2.05) is 7.05 Å². The molecule has 1 rings (SSSR count). The molecular formula is C9H13BrClN3. The molecule has 3 nitrogen and oxygen atoms in total. The van der Waals surface area contributed by atoms with Gasteiger partial charge in [0.1, 0.15) is 17.3 Å². The number of hydrogen-bond acceptors (Lipinski definition) is 3. The molecule has 0 saturated carbocycles. The zero-order valence-corrected chi connectivity index (χ0v) is 10.6. The Balaban J connectivity index is 2.79. The van der Waals surface area contributed by atoms with E-state index < -0.39 is 0 Å². The van der Waals surface area contributed by atoms with Crippen LogP contribution in [0.4, 0.5) is 5.82 Å². The van der Waals surface area contributed by atoms with Gasteiger partial charge in [-0.25, -0.2) is 9.97 Å². The molecule has 1 heterocycles. The number of rotatable bonds is 4. The van der Waals surface area contributed by atoms with E-state index in [2.05, 4.69) is 37.7 Å². The molecule has 0 unspecified atom stereocenters. The first-order chi connectivity index (χ1) is 6.66. The van der Waals surface area contributed by atoms with Crippen molar-refractivity contribution in [3.63, 3.8) is 0 Å². The van der Waals surface area contributed by atoms with Crippen molar-refractivity contribution in [3.8, 4) is 0 Å². The van der Waals surface area contributed by atoms with Crippen LogP contribution in [0.5, 0.6) is 0 Å². The number of halogens is 2. The van der Waals surface area contributed by atoms with Gasteiger partial charge in [-0.3, -0.25) is 0 Å². The Kier molecular flexibility index (Phi) is 4.62. The van der Waals surface area contributed by atoms with Crippen LogP contribution in [0.2, 0.25) is 5.15 Å². The van der Waals surface area contributed by atoms with Crippen LogP contribution in [0.3, 0.4) is 0 Å². The highest BCUT2D eigenvalue weighted by Crippen LogP contribution is 2.28. The second-order valence-electron chi connectivity index (χ2n) is 3.08. The molecule has 1 aromatic rings. The molecule has 0 spiro atoms. The molecule has 0 bridgehead atoms. The third kappa shape index (κ3) is 2.82. The number of unbranched alkanes of at least 4 members (excludes halogenated alkanes) is 1. The first-order valence-electron chi connectivity index (χ1n) is 4.54.